The van der Waals surface area contributed by atoms with Gasteiger partial charge in [-0.05, 0) is 48.8 Å². The number of esters is 1. The van der Waals surface area contributed by atoms with E-state index in [2.05, 4.69) is 21.0 Å². The molecule has 1 aromatic heterocycles. The lowest BCUT2D eigenvalue weighted by molar-refractivity contribution is 0.0462. The molecule has 0 aliphatic heterocycles. The Balaban J connectivity index is 2.16. The van der Waals surface area contributed by atoms with Crippen LogP contribution < -0.4 is 5.73 Å². The van der Waals surface area contributed by atoms with E-state index in [-0.39, 0.29) is 6.61 Å². The summed E-state index contributed by atoms with van der Waals surface area (Å²) in [4.78, 5) is 12.2. The van der Waals surface area contributed by atoms with Crippen molar-refractivity contribution in [3.05, 3.63) is 45.2 Å². The molecule has 0 amide bonds. The minimum Gasteiger partial charge on any atom is -0.455 e. The summed E-state index contributed by atoms with van der Waals surface area (Å²) >= 11 is 3.47. The normalized spacial score (nSPS) is 10.7. The number of nitrogen functional groups attached to an aromatic ring is 1. The summed E-state index contributed by atoms with van der Waals surface area (Å²) in [5.41, 5.74) is 9.32. The van der Waals surface area contributed by atoms with Gasteiger partial charge in [0.2, 0.25) is 0 Å². The molecule has 0 radical (unpaired) electrons. The number of nitrogens with two attached hydrogens (primary N) is 1. The van der Waals surface area contributed by atoms with E-state index < -0.39 is 5.97 Å². The quantitative estimate of drug-likeness (QED) is 0.678. The smallest absolute Gasteiger partial charge is 0.340 e. The van der Waals surface area contributed by atoms with Gasteiger partial charge in [-0.1, -0.05) is 11.6 Å². The Kier molecular flexibility index (Phi) is 4.67. The molecule has 0 saturated carbocycles. The lowest BCUT2D eigenvalue weighted by Gasteiger charge is -2.09. The number of aromatic nitrogens is 2. The maximum Gasteiger partial charge on any atom is 0.340 e. The Morgan fingerprint density at radius 2 is 2.14 bits per heavy atom. The zero-order chi connectivity index (χ0) is 15.6. The summed E-state index contributed by atoms with van der Waals surface area (Å²) in [7, 11) is 0. The number of aryl methyl sites for hydroxylation is 3. The number of nitrogens with zero attached hydrogens (tertiary/aromatic N) is 2. The van der Waals surface area contributed by atoms with E-state index in [0.29, 0.717) is 17.8 Å². The second-order valence-corrected chi connectivity index (χ2v) is 5.62. The fraction of sp³-hybridized carbons (Fsp3) is 0.333. The molecule has 2 rings (SSSR count). The molecule has 0 bridgehead atoms. The van der Waals surface area contributed by atoms with Gasteiger partial charge in [-0.15, -0.1) is 0 Å². The van der Waals surface area contributed by atoms with Crippen LogP contribution in [0.5, 0.6) is 0 Å². The Morgan fingerprint density at radius 3 is 2.81 bits per heavy atom. The van der Waals surface area contributed by atoms with Crippen LogP contribution in [-0.4, -0.2) is 15.7 Å². The standard InChI is InChI=1S/C15H18BrN3O2/c1-4-19-13(14(16)10(3)18-19)8-21-15(20)11-7-9(2)5-6-12(11)17/h5-7H,4,8,17H2,1-3H3. The molecule has 1 heterocycles. The number of benzene rings is 1. The largest absolute Gasteiger partial charge is 0.455 e. The minimum absolute atomic E-state index is 0.154. The highest BCUT2D eigenvalue weighted by Crippen LogP contribution is 2.23. The fourth-order valence-electron chi connectivity index (χ4n) is 2.07. The van der Waals surface area contributed by atoms with Crippen LogP contribution in [0.25, 0.3) is 0 Å². The molecular formula is C15H18BrN3O2. The van der Waals surface area contributed by atoms with Gasteiger partial charge < -0.3 is 10.5 Å². The van der Waals surface area contributed by atoms with Crippen molar-refractivity contribution in [1.29, 1.82) is 0 Å². The van der Waals surface area contributed by atoms with Crippen molar-refractivity contribution in [3.63, 3.8) is 0 Å². The lowest BCUT2D eigenvalue weighted by Crippen LogP contribution is -2.11. The van der Waals surface area contributed by atoms with Crippen LogP contribution in [-0.2, 0) is 17.9 Å². The predicted octanol–water partition coefficient (Wildman–Crippen LogP) is 3.22. The third-order valence-corrected chi connectivity index (χ3v) is 4.25. The van der Waals surface area contributed by atoms with Gasteiger partial charge in [-0.25, -0.2) is 4.79 Å². The van der Waals surface area contributed by atoms with Gasteiger partial charge in [-0.2, -0.15) is 5.10 Å². The molecule has 5 nitrogen and oxygen atoms in total. The number of halogens is 1. The van der Waals surface area contributed by atoms with E-state index in [1.165, 1.54) is 0 Å². The van der Waals surface area contributed by atoms with Crippen molar-refractivity contribution in [2.75, 3.05) is 5.73 Å². The van der Waals surface area contributed by atoms with Crippen LogP contribution in [0, 0.1) is 13.8 Å². The molecule has 0 unspecified atom stereocenters. The van der Waals surface area contributed by atoms with Crippen LogP contribution in [0.3, 0.4) is 0 Å². The molecule has 0 fully saturated rings. The lowest BCUT2D eigenvalue weighted by atomic mass is 10.1. The van der Waals surface area contributed by atoms with E-state index in [0.717, 1.165) is 21.4 Å². The summed E-state index contributed by atoms with van der Waals surface area (Å²) in [6, 6.07) is 5.30. The molecule has 0 saturated heterocycles. The van der Waals surface area contributed by atoms with Gasteiger partial charge in [-0.3, -0.25) is 4.68 Å². The van der Waals surface area contributed by atoms with E-state index in [1.807, 2.05) is 31.5 Å². The molecule has 0 atom stereocenters. The fourth-order valence-corrected chi connectivity index (χ4v) is 2.46. The van der Waals surface area contributed by atoms with Crippen molar-refractivity contribution in [1.82, 2.24) is 9.78 Å². The van der Waals surface area contributed by atoms with Gasteiger partial charge in [0.15, 0.2) is 0 Å². The van der Waals surface area contributed by atoms with Crippen LogP contribution in [0.15, 0.2) is 22.7 Å². The number of carbonyl (C=O) groups is 1. The number of anilines is 1. The second kappa shape index (κ2) is 6.30. The van der Waals surface area contributed by atoms with Gasteiger partial charge in [0, 0.05) is 12.2 Å². The van der Waals surface area contributed by atoms with E-state index in [1.54, 1.807) is 12.1 Å². The first-order valence-corrected chi connectivity index (χ1v) is 7.48. The van der Waals surface area contributed by atoms with Crippen molar-refractivity contribution in [2.45, 2.75) is 33.9 Å². The van der Waals surface area contributed by atoms with Crippen LogP contribution in [0.1, 0.15) is 34.2 Å². The molecule has 1 aromatic carbocycles. The summed E-state index contributed by atoms with van der Waals surface area (Å²) in [6.45, 7) is 6.67. The van der Waals surface area contributed by atoms with Crippen LogP contribution in [0.4, 0.5) is 5.69 Å². The number of hydrogen-bond donors (Lipinski definition) is 1. The Morgan fingerprint density at radius 1 is 1.43 bits per heavy atom. The SMILES string of the molecule is CCn1nc(C)c(Br)c1COC(=O)c1cc(C)ccc1N. The molecule has 2 N–H and O–H groups in total. The zero-order valence-corrected chi connectivity index (χ0v) is 13.9. The van der Waals surface area contributed by atoms with Crippen molar-refractivity contribution >= 4 is 27.6 Å². The first kappa shape index (κ1) is 15.6. The van der Waals surface area contributed by atoms with Gasteiger partial charge >= 0.3 is 5.97 Å². The van der Waals surface area contributed by atoms with Gasteiger partial charge in [0.1, 0.15) is 6.61 Å². The number of rotatable bonds is 4. The average molecular weight is 352 g/mol. The molecular weight excluding hydrogens is 334 g/mol. The van der Waals surface area contributed by atoms with Crippen molar-refractivity contribution < 1.29 is 9.53 Å². The highest BCUT2D eigenvalue weighted by atomic mass is 79.9. The first-order chi connectivity index (χ1) is 9.93. The Labute approximate surface area is 132 Å². The van der Waals surface area contributed by atoms with Crippen LogP contribution in [0.2, 0.25) is 0 Å². The summed E-state index contributed by atoms with van der Waals surface area (Å²) < 4.78 is 8.06. The number of ether oxygens (including phenoxy) is 1. The maximum atomic E-state index is 12.2. The van der Waals surface area contributed by atoms with Crippen LogP contribution >= 0.6 is 15.9 Å². The highest BCUT2D eigenvalue weighted by molar-refractivity contribution is 9.10. The minimum atomic E-state index is -0.426. The topological polar surface area (TPSA) is 70.1 Å². The molecule has 0 aliphatic rings. The maximum absolute atomic E-state index is 12.2. The molecule has 21 heavy (non-hydrogen) atoms. The molecule has 0 aliphatic carbocycles. The molecule has 112 valence electrons. The summed E-state index contributed by atoms with van der Waals surface area (Å²) in [5.74, 6) is -0.426. The molecule has 2 aromatic rings. The predicted molar refractivity (Wildman–Crippen MR) is 85.0 cm³/mol. The van der Waals surface area contributed by atoms with E-state index in [4.69, 9.17) is 10.5 Å². The third-order valence-electron chi connectivity index (χ3n) is 3.22. The molecule has 6 heteroatoms. The Bertz CT molecular complexity index is 680. The highest BCUT2D eigenvalue weighted by Gasteiger charge is 2.16. The van der Waals surface area contributed by atoms with Gasteiger partial charge in [0.05, 0.1) is 21.4 Å². The number of hydrogen-bond acceptors (Lipinski definition) is 4. The second-order valence-electron chi connectivity index (χ2n) is 4.83. The van der Waals surface area contributed by atoms with Crippen molar-refractivity contribution in [2.24, 2.45) is 0 Å². The summed E-state index contributed by atoms with van der Waals surface area (Å²) in [6.07, 6.45) is 0. The number of carbonyl (C=O) groups excluding carboxylic acids is 1. The Hall–Kier alpha value is -1.82. The monoisotopic (exact) mass is 351 g/mol. The third kappa shape index (κ3) is 3.26. The molecule has 0 spiro atoms. The van der Waals surface area contributed by atoms with E-state index in [9.17, 15) is 4.79 Å². The average Bonchev–Trinajstić information content (AvgIpc) is 2.74. The van der Waals surface area contributed by atoms with Gasteiger partial charge in [0.25, 0.3) is 0 Å². The van der Waals surface area contributed by atoms with Crippen molar-refractivity contribution in [3.8, 4) is 0 Å². The zero-order valence-electron chi connectivity index (χ0n) is 12.3. The first-order valence-electron chi connectivity index (χ1n) is 6.69. The summed E-state index contributed by atoms with van der Waals surface area (Å²) in [5, 5.41) is 4.36. The van der Waals surface area contributed by atoms with E-state index >= 15 is 0 Å².